The first-order valence-electron chi connectivity index (χ1n) is 5.47. The molecular weight excluding hydrogens is 313 g/mol. The Balaban J connectivity index is 1.97. The van der Waals surface area contributed by atoms with Gasteiger partial charge in [0.1, 0.15) is 0 Å². The topological polar surface area (TPSA) is 29.1 Å². The molecule has 0 fully saturated rings. The normalized spacial score (nSPS) is 19.4. The van der Waals surface area contributed by atoms with Gasteiger partial charge in [-0.25, -0.2) is 0 Å². The molecule has 0 heterocycles. The van der Waals surface area contributed by atoms with E-state index in [0.717, 1.165) is 28.4 Å². The minimum atomic E-state index is 0.0386. The van der Waals surface area contributed by atoms with Crippen LogP contribution in [0.3, 0.4) is 0 Å². The highest BCUT2D eigenvalue weighted by Gasteiger charge is 2.13. The molecule has 2 nitrogen and oxygen atoms in total. The number of nitrogens with one attached hydrogen (secondary N) is 1. The third-order valence-corrected chi connectivity index (χ3v) is 3.43. The molecule has 0 aromatic heterocycles. The van der Waals surface area contributed by atoms with Crippen molar-refractivity contribution < 1.29 is 4.79 Å². The molecule has 0 radical (unpaired) electrons. The van der Waals surface area contributed by atoms with Gasteiger partial charge in [-0.2, -0.15) is 0 Å². The van der Waals surface area contributed by atoms with Gasteiger partial charge in [0.15, 0.2) is 0 Å². The van der Waals surface area contributed by atoms with E-state index < -0.39 is 0 Å². The Bertz CT molecular complexity index is 397. The standard InChI is InChI=1S/C13H14INO/c14-11-8-6-10(7-9-11)13(16)15-12-4-2-1-3-5-12/h1-2,6-9,12H,3-5H2,(H,15,16). The van der Waals surface area contributed by atoms with E-state index in [1.165, 1.54) is 0 Å². The van der Waals surface area contributed by atoms with Gasteiger partial charge in [-0.1, -0.05) is 12.2 Å². The van der Waals surface area contributed by atoms with Crippen LogP contribution in [0.2, 0.25) is 0 Å². The molecule has 3 heteroatoms. The van der Waals surface area contributed by atoms with Crippen LogP contribution >= 0.6 is 22.6 Å². The molecule has 0 aliphatic heterocycles. The van der Waals surface area contributed by atoms with Crippen molar-refractivity contribution in [2.75, 3.05) is 0 Å². The highest BCUT2D eigenvalue weighted by atomic mass is 127. The summed E-state index contributed by atoms with van der Waals surface area (Å²) in [4.78, 5) is 11.9. The molecule has 1 aliphatic carbocycles. The van der Waals surface area contributed by atoms with Crippen LogP contribution in [0.1, 0.15) is 29.6 Å². The second-order valence-corrected chi connectivity index (χ2v) is 5.21. The van der Waals surface area contributed by atoms with E-state index in [4.69, 9.17) is 0 Å². The van der Waals surface area contributed by atoms with Crippen molar-refractivity contribution in [3.63, 3.8) is 0 Å². The smallest absolute Gasteiger partial charge is 0.251 e. The minimum Gasteiger partial charge on any atom is -0.349 e. The lowest BCUT2D eigenvalue weighted by molar-refractivity contribution is 0.0934. The molecule has 16 heavy (non-hydrogen) atoms. The highest BCUT2D eigenvalue weighted by Crippen LogP contribution is 2.12. The van der Waals surface area contributed by atoms with E-state index in [-0.39, 0.29) is 5.91 Å². The molecule has 1 aromatic rings. The quantitative estimate of drug-likeness (QED) is 0.656. The van der Waals surface area contributed by atoms with Gasteiger partial charge in [-0.05, 0) is 66.1 Å². The van der Waals surface area contributed by atoms with Gasteiger partial charge in [0.05, 0.1) is 0 Å². The molecule has 0 saturated heterocycles. The monoisotopic (exact) mass is 327 g/mol. The van der Waals surface area contributed by atoms with E-state index in [1.54, 1.807) is 0 Å². The van der Waals surface area contributed by atoms with E-state index in [1.807, 2.05) is 24.3 Å². The van der Waals surface area contributed by atoms with Crippen LogP contribution in [0.4, 0.5) is 0 Å². The molecule has 2 rings (SSSR count). The van der Waals surface area contributed by atoms with Gasteiger partial charge in [0.2, 0.25) is 0 Å². The maximum atomic E-state index is 11.9. The average Bonchev–Trinajstić information content (AvgIpc) is 2.31. The zero-order valence-corrected chi connectivity index (χ0v) is 11.1. The maximum Gasteiger partial charge on any atom is 0.251 e. The maximum absolute atomic E-state index is 11.9. The summed E-state index contributed by atoms with van der Waals surface area (Å²) >= 11 is 2.23. The lowest BCUT2D eigenvalue weighted by Crippen LogP contribution is -2.35. The number of hydrogen-bond donors (Lipinski definition) is 1. The number of amides is 1. The minimum absolute atomic E-state index is 0.0386. The van der Waals surface area contributed by atoms with Crippen molar-refractivity contribution in [1.82, 2.24) is 5.32 Å². The number of halogens is 1. The van der Waals surface area contributed by atoms with Gasteiger partial charge in [-0.3, -0.25) is 4.79 Å². The molecule has 1 aromatic carbocycles. The predicted octanol–water partition coefficient (Wildman–Crippen LogP) is 3.13. The van der Waals surface area contributed by atoms with E-state index in [2.05, 4.69) is 40.1 Å². The Morgan fingerprint density at radius 3 is 2.62 bits per heavy atom. The van der Waals surface area contributed by atoms with Crippen LogP contribution in [0.25, 0.3) is 0 Å². The SMILES string of the molecule is O=C(NC1CC=CCC1)c1ccc(I)cc1. The van der Waals surface area contributed by atoms with Gasteiger partial charge in [-0.15, -0.1) is 0 Å². The molecule has 0 spiro atoms. The number of rotatable bonds is 2. The lowest BCUT2D eigenvalue weighted by atomic mass is 10.0. The molecule has 0 saturated carbocycles. The van der Waals surface area contributed by atoms with Gasteiger partial charge >= 0.3 is 0 Å². The van der Waals surface area contributed by atoms with Crippen molar-refractivity contribution in [2.45, 2.75) is 25.3 Å². The summed E-state index contributed by atoms with van der Waals surface area (Å²) in [6.07, 6.45) is 7.39. The van der Waals surface area contributed by atoms with Gasteiger partial charge in [0.25, 0.3) is 5.91 Å². The highest BCUT2D eigenvalue weighted by molar-refractivity contribution is 14.1. The third-order valence-electron chi connectivity index (χ3n) is 2.71. The second-order valence-electron chi connectivity index (χ2n) is 3.96. The van der Waals surface area contributed by atoms with E-state index >= 15 is 0 Å². The molecule has 1 N–H and O–H groups in total. The second kappa shape index (κ2) is 5.48. The van der Waals surface area contributed by atoms with Crippen LogP contribution in [-0.4, -0.2) is 11.9 Å². The summed E-state index contributed by atoms with van der Waals surface area (Å²) in [5.41, 5.74) is 0.745. The Morgan fingerprint density at radius 2 is 2.00 bits per heavy atom. The van der Waals surface area contributed by atoms with Crippen LogP contribution in [0.5, 0.6) is 0 Å². The first-order chi connectivity index (χ1) is 7.75. The molecule has 1 aliphatic rings. The molecular formula is C13H14INO. The fourth-order valence-electron chi connectivity index (χ4n) is 1.79. The third kappa shape index (κ3) is 3.07. The van der Waals surface area contributed by atoms with E-state index in [9.17, 15) is 4.79 Å². The molecule has 0 bridgehead atoms. The molecule has 84 valence electrons. The Labute approximate surface area is 109 Å². The first kappa shape index (κ1) is 11.6. The summed E-state index contributed by atoms with van der Waals surface area (Å²) in [6, 6.07) is 7.95. The summed E-state index contributed by atoms with van der Waals surface area (Å²) in [5.74, 6) is 0.0386. The zero-order chi connectivity index (χ0) is 11.4. The number of carbonyl (C=O) groups is 1. The largest absolute Gasteiger partial charge is 0.349 e. The fourth-order valence-corrected chi connectivity index (χ4v) is 2.15. The predicted molar refractivity (Wildman–Crippen MR) is 73.4 cm³/mol. The van der Waals surface area contributed by atoms with E-state index in [0.29, 0.717) is 6.04 Å². The lowest BCUT2D eigenvalue weighted by Gasteiger charge is -2.19. The average molecular weight is 327 g/mol. The van der Waals surface area contributed by atoms with Gasteiger partial charge < -0.3 is 5.32 Å². The van der Waals surface area contributed by atoms with Gasteiger partial charge in [0, 0.05) is 15.2 Å². The van der Waals surface area contributed by atoms with Crippen molar-refractivity contribution in [2.24, 2.45) is 0 Å². The Kier molecular flexibility index (Phi) is 3.98. The van der Waals surface area contributed by atoms with Crippen LogP contribution in [0.15, 0.2) is 36.4 Å². The number of allylic oxidation sites excluding steroid dienone is 1. The Morgan fingerprint density at radius 1 is 1.25 bits per heavy atom. The zero-order valence-electron chi connectivity index (χ0n) is 8.95. The number of hydrogen-bond acceptors (Lipinski definition) is 1. The number of benzene rings is 1. The van der Waals surface area contributed by atoms with Crippen molar-refractivity contribution >= 4 is 28.5 Å². The van der Waals surface area contributed by atoms with Crippen LogP contribution in [0, 0.1) is 3.57 Å². The van der Waals surface area contributed by atoms with Crippen LogP contribution in [-0.2, 0) is 0 Å². The summed E-state index contributed by atoms with van der Waals surface area (Å²) < 4.78 is 1.15. The summed E-state index contributed by atoms with van der Waals surface area (Å²) in [6.45, 7) is 0. The molecule has 1 unspecified atom stereocenters. The summed E-state index contributed by atoms with van der Waals surface area (Å²) in [5, 5.41) is 3.06. The molecule has 1 amide bonds. The van der Waals surface area contributed by atoms with Crippen molar-refractivity contribution in [3.05, 3.63) is 45.6 Å². The van der Waals surface area contributed by atoms with Crippen molar-refractivity contribution in [1.29, 1.82) is 0 Å². The Hall–Kier alpha value is -0.840. The fraction of sp³-hybridized carbons (Fsp3) is 0.308. The number of carbonyl (C=O) groups excluding carboxylic acids is 1. The van der Waals surface area contributed by atoms with Crippen LogP contribution < -0.4 is 5.32 Å². The first-order valence-corrected chi connectivity index (χ1v) is 6.55. The summed E-state index contributed by atoms with van der Waals surface area (Å²) in [7, 11) is 0. The molecule has 1 atom stereocenters. The van der Waals surface area contributed by atoms with Crippen molar-refractivity contribution in [3.8, 4) is 0 Å².